The monoisotopic (exact) mass is 357 g/mol. The van der Waals surface area contributed by atoms with E-state index in [-0.39, 0.29) is 10.1 Å². The molecular weight excluding hydrogens is 346 g/mol. The van der Waals surface area contributed by atoms with E-state index in [0.717, 1.165) is 16.8 Å². The number of nitrogens with zero attached hydrogens (tertiary/aromatic N) is 2. The lowest BCUT2D eigenvalue weighted by molar-refractivity contribution is -0.123. The first kappa shape index (κ1) is 16.2. The van der Waals surface area contributed by atoms with Crippen LogP contribution in [0, 0.1) is 0 Å². The lowest BCUT2D eigenvalue weighted by atomic mass is 10.2. The summed E-state index contributed by atoms with van der Waals surface area (Å²) >= 11 is 6.24. The number of hydrogen-bond donors (Lipinski definition) is 2. The maximum Gasteiger partial charge on any atom is 0.285 e. The number of amides is 2. The number of aromatic hydroxyl groups is 1. The van der Waals surface area contributed by atoms with Crippen molar-refractivity contribution in [3.8, 4) is 5.75 Å². The Hall–Kier alpha value is -2.71. The van der Waals surface area contributed by atoms with Crippen LogP contribution in [0.1, 0.15) is 15.9 Å². The molecule has 6 nitrogen and oxygen atoms in total. The maximum absolute atomic E-state index is 12.4. The second kappa shape index (κ2) is 6.81. The number of thioether (sulfide) groups is 1. The molecule has 1 fully saturated rings. The summed E-state index contributed by atoms with van der Waals surface area (Å²) in [5.74, 6) is -0.770. The van der Waals surface area contributed by atoms with Crippen molar-refractivity contribution in [2.75, 3.05) is 0 Å². The van der Waals surface area contributed by atoms with Gasteiger partial charge in [0, 0.05) is 18.0 Å². The standard InChI is InChI=1S/C16H11N3O3S2/c20-12-3-1-2-10(8-12)9-13-15(22)19(16(23)24-13)18-14(21)11-4-6-17-7-5-11/h1-9,20H,(H,18,21). The van der Waals surface area contributed by atoms with Crippen LogP contribution in [0.25, 0.3) is 6.08 Å². The molecule has 1 aromatic heterocycles. The highest BCUT2D eigenvalue weighted by Crippen LogP contribution is 2.31. The lowest BCUT2D eigenvalue weighted by Gasteiger charge is -2.15. The van der Waals surface area contributed by atoms with E-state index >= 15 is 0 Å². The van der Waals surface area contributed by atoms with Crippen LogP contribution in [-0.4, -0.2) is 31.2 Å². The van der Waals surface area contributed by atoms with Gasteiger partial charge in [0.25, 0.3) is 11.8 Å². The zero-order valence-corrected chi connectivity index (χ0v) is 13.8. The van der Waals surface area contributed by atoms with Gasteiger partial charge in [-0.25, -0.2) is 0 Å². The van der Waals surface area contributed by atoms with Gasteiger partial charge in [0.1, 0.15) is 5.75 Å². The molecule has 1 aliphatic rings. The maximum atomic E-state index is 12.4. The largest absolute Gasteiger partial charge is 0.508 e. The smallest absolute Gasteiger partial charge is 0.285 e. The fourth-order valence-electron chi connectivity index (χ4n) is 2.00. The minimum absolute atomic E-state index is 0.102. The molecule has 8 heteroatoms. The molecule has 0 atom stereocenters. The second-order valence-electron chi connectivity index (χ2n) is 4.79. The van der Waals surface area contributed by atoms with Gasteiger partial charge in [0.2, 0.25) is 0 Å². The molecule has 0 spiro atoms. The minimum atomic E-state index is -0.452. The minimum Gasteiger partial charge on any atom is -0.508 e. The Morgan fingerprint density at radius 3 is 2.75 bits per heavy atom. The third-order valence-electron chi connectivity index (χ3n) is 3.12. The van der Waals surface area contributed by atoms with Crippen LogP contribution in [0.4, 0.5) is 0 Å². The van der Waals surface area contributed by atoms with E-state index in [0.29, 0.717) is 16.0 Å². The fourth-order valence-corrected chi connectivity index (χ4v) is 3.18. The van der Waals surface area contributed by atoms with Gasteiger partial charge < -0.3 is 5.11 Å². The molecule has 2 aromatic rings. The number of nitrogens with one attached hydrogen (secondary N) is 1. The lowest BCUT2D eigenvalue weighted by Crippen LogP contribution is -2.44. The normalized spacial score (nSPS) is 15.8. The third kappa shape index (κ3) is 3.44. The van der Waals surface area contributed by atoms with E-state index in [9.17, 15) is 14.7 Å². The number of rotatable bonds is 3. The zero-order chi connectivity index (χ0) is 17.1. The molecule has 0 unspecified atom stereocenters. The van der Waals surface area contributed by atoms with Gasteiger partial charge in [-0.15, -0.1) is 0 Å². The summed E-state index contributed by atoms with van der Waals surface area (Å²) in [4.78, 5) is 28.8. The molecule has 1 saturated heterocycles. The number of hydrogen-bond acceptors (Lipinski definition) is 6. The molecule has 2 heterocycles. The fraction of sp³-hybridized carbons (Fsp3) is 0. The molecule has 0 bridgehead atoms. The SMILES string of the molecule is O=C(NN1C(=O)C(=Cc2cccc(O)c2)SC1=S)c1ccncc1. The number of phenols is 1. The van der Waals surface area contributed by atoms with Gasteiger partial charge >= 0.3 is 0 Å². The van der Waals surface area contributed by atoms with Gasteiger partial charge in [-0.3, -0.25) is 20.0 Å². The molecule has 1 aliphatic heterocycles. The van der Waals surface area contributed by atoms with Crippen LogP contribution in [0.5, 0.6) is 5.75 Å². The summed E-state index contributed by atoms with van der Waals surface area (Å²) in [6.07, 6.45) is 4.58. The Morgan fingerprint density at radius 1 is 1.29 bits per heavy atom. The van der Waals surface area contributed by atoms with E-state index in [1.54, 1.807) is 18.2 Å². The Labute approximate surface area is 147 Å². The number of benzene rings is 1. The third-order valence-corrected chi connectivity index (χ3v) is 4.42. The number of carbonyl (C=O) groups excluding carboxylic acids is 2. The van der Waals surface area contributed by atoms with Crippen molar-refractivity contribution in [3.05, 3.63) is 64.8 Å². The van der Waals surface area contributed by atoms with Crippen LogP contribution in [0.15, 0.2) is 53.7 Å². The van der Waals surface area contributed by atoms with Gasteiger partial charge in [0.05, 0.1) is 4.91 Å². The van der Waals surface area contributed by atoms with Gasteiger partial charge in [-0.05, 0) is 48.1 Å². The highest BCUT2D eigenvalue weighted by molar-refractivity contribution is 8.26. The predicted molar refractivity (Wildman–Crippen MR) is 94.8 cm³/mol. The van der Waals surface area contributed by atoms with Crippen molar-refractivity contribution in [1.29, 1.82) is 0 Å². The van der Waals surface area contributed by atoms with Crippen molar-refractivity contribution in [2.45, 2.75) is 0 Å². The average Bonchev–Trinajstić information content (AvgIpc) is 2.83. The first-order chi connectivity index (χ1) is 11.5. The van der Waals surface area contributed by atoms with Crippen molar-refractivity contribution in [2.24, 2.45) is 0 Å². The summed E-state index contributed by atoms with van der Waals surface area (Å²) in [5.41, 5.74) is 3.52. The Bertz CT molecular complexity index is 853. The summed E-state index contributed by atoms with van der Waals surface area (Å²) < 4.78 is 0.230. The summed E-state index contributed by atoms with van der Waals surface area (Å²) in [5, 5.41) is 10.5. The molecule has 3 rings (SSSR count). The number of carbonyl (C=O) groups is 2. The van der Waals surface area contributed by atoms with E-state index < -0.39 is 11.8 Å². The van der Waals surface area contributed by atoms with Crippen LogP contribution in [0.2, 0.25) is 0 Å². The number of thiocarbonyl (C=S) groups is 1. The molecular formula is C16H11N3O3S2. The average molecular weight is 357 g/mol. The first-order valence-electron chi connectivity index (χ1n) is 6.82. The number of hydrazine groups is 1. The molecule has 0 aliphatic carbocycles. The van der Waals surface area contributed by atoms with E-state index in [1.807, 2.05) is 0 Å². The van der Waals surface area contributed by atoms with Crippen molar-refractivity contribution in [1.82, 2.24) is 15.4 Å². The molecule has 120 valence electrons. The van der Waals surface area contributed by atoms with Gasteiger partial charge in [-0.2, -0.15) is 5.01 Å². The molecule has 0 radical (unpaired) electrons. The van der Waals surface area contributed by atoms with E-state index in [2.05, 4.69) is 10.4 Å². The number of pyridine rings is 1. The zero-order valence-electron chi connectivity index (χ0n) is 12.2. The Kier molecular flexibility index (Phi) is 4.59. The molecule has 1 aromatic carbocycles. The summed E-state index contributed by atoms with van der Waals surface area (Å²) in [6.45, 7) is 0. The summed E-state index contributed by atoms with van der Waals surface area (Å²) in [6, 6.07) is 9.57. The van der Waals surface area contributed by atoms with Crippen LogP contribution >= 0.6 is 24.0 Å². The predicted octanol–water partition coefficient (Wildman–Crippen LogP) is 2.33. The molecule has 0 saturated carbocycles. The van der Waals surface area contributed by atoms with Crippen molar-refractivity contribution >= 4 is 46.2 Å². The molecule has 2 N–H and O–H groups in total. The van der Waals surface area contributed by atoms with Crippen molar-refractivity contribution < 1.29 is 14.7 Å². The molecule has 24 heavy (non-hydrogen) atoms. The first-order valence-corrected chi connectivity index (χ1v) is 8.05. The highest BCUT2D eigenvalue weighted by Gasteiger charge is 2.33. The van der Waals surface area contributed by atoms with Crippen LogP contribution < -0.4 is 5.43 Å². The summed E-state index contributed by atoms with van der Waals surface area (Å²) in [7, 11) is 0. The second-order valence-corrected chi connectivity index (χ2v) is 6.46. The number of aromatic nitrogens is 1. The highest BCUT2D eigenvalue weighted by atomic mass is 32.2. The van der Waals surface area contributed by atoms with Crippen LogP contribution in [0.3, 0.4) is 0 Å². The van der Waals surface area contributed by atoms with Crippen molar-refractivity contribution in [3.63, 3.8) is 0 Å². The van der Waals surface area contributed by atoms with E-state index in [4.69, 9.17) is 12.2 Å². The molecule has 2 amide bonds. The van der Waals surface area contributed by atoms with Gasteiger partial charge in [0.15, 0.2) is 4.32 Å². The Balaban J connectivity index is 1.78. The van der Waals surface area contributed by atoms with Crippen LogP contribution in [-0.2, 0) is 4.79 Å². The Morgan fingerprint density at radius 2 is 2.04 bits per heavy atom. The van der Waals surface area contributed by atoms with E-state index in [1.165, 1.54) is 36.7 Å². The van der Waals surface area contributed by atoms with Gasteiger partial charge in [-0.1, -0.05) is 23.9 Å². The number of phenolic OH excluding ortho intramolecular Hbond substituents is 1. The topological polar surface area (TPSA) is 82.5 Å². The quantitative estimate of drug-likeness (QED) is 0.648.